The van der Waals surface area contributed by atoms with E-state index in [0.29, 0.717) is 29.2 Å². The molecule has 0 aromatic heterocycles. The highest BCUT2D eigenvalue weighted by atomic mass is 16.5. The van der Waals surface area contributed by atoms with Gasteiger partial charge in [0.25, 0.3) is 0 Å². The highest BCUT2D eigenvalue weighted by Crippen LogP contribution is 2.36. The number of allylic oxidation sites excluding steroid dienone is 1. The third-order valence-electron chi connectivity index (χ3n) is 3.79. The number of nitriles is 1. The lowest BCUT2D eigenvalue weighted by atomic mass is 10.0. The Bertz CT molecular complexity index is 848. The number of benzene rings is 2. The van der Waals surface area contributed by atoms with Gasteiger partial charge >= 0.3 is 6.09 Å². The van der Waals surface area contributed by atoms with Gasteiger partial charge in [-0.3, -0.25) is 5.32 Å². The molecule has 0 aliphatic heterocycles. The SMILES string of the molecule is CCOC(=O)Nc1c(OC)cc(CC(C#N)=CNc2ccccc2)cc1OC. The van der Waals surface area contributed by atoms with Gasteiger partial charge in [0, 0.05) is 23.9 Å². The van der Waals surface area contributed by atoms with Crippen LogP contribution in [0, 0.1) is 11.3 Å². The van der Waals surface area contributed by atoms with Crippen molar-refractivity contribution in [3.8, 4) is 17.6 Å². The molecule has 0 aliphatic rings. The van der Waals surface area contributed by atoms with Crippen LogP contribution in [0.15, 0.2) is 54.2 Å². The zero-order valence-electron chi connectivity index (χ0n) is 16.1. The first-order valence-corrected chi connectivity index (χ1v) is 8.70. The van der Waals surface area contributed by atoms with E-state index in [4.69, 9.17) is 14.2 Å². The number of amides is 1. The lowest BCUT2D eigenvalue weighted by Crippen LogP contribution is -2.15. The van der Waals surface area contributed by atoms with Crippen LogP contribution in [0.25, 0.3) is 0 Å². The molecule has 146 valence electrons. The highest BCUT2D eigenvalue weighted by molar-refractivity contribution is 5.89. The van der Waals surface area contributed by atoms with Crippen molar-refractivity contribution < 1.29 is 19.0 Å². The summed E-state index contributed by atoms with van der Waals surface area (Å²) in [5.74, 6) is 0.825. The van der Waals surface area contributed by atoms with Crippen LogP contribution >= 0.6 is 0 Å². The largest absolute Gasteiger partial charge is 0.494 e. The average Bonchev–Trinajstić information content (AvgIpc) is 2.72. The van der Waals surface area contributed by atoms with Crippen molar-refractivity contribution in [2.75, 3.05) is 31.5 Å². The number of carbonyl (C=O) groups is 1. The first-order valence-electron chi connectivity index (χ1n) is 8.70. The molecule has 0 atom stereocenters. The van der Waals surface area contributed by atoms with E-state index in [1.165, 1.54) is 14.2 Å². The number of anilines is 2. The first kappa shape index (κ1) is 20.6. The van der Waals surface area contributed by atoms with Crippen molar-refractivity contribution in [3.05, 3.63) is 59.8 Å². The Morgan fingerprint density at radius 3 is 2.32 bits per heavy atom. The number of ether oxygens (including phenoxy) is 3. The molecule has 0 fully saturated rings. The Morgan fingerprint density at radius 1 is 1.14 bits per heavy atom. The summed E-state index contributed by atoms with van der Waals surface area (Å²) in [6.45, 7) is 1.97. The Kier molecular flexibility index (Phi) is 7.73. The summed E-state index contributed by atoms with van der Waals surface area (Å²) in [7, 11) is 2.99. The molecule has 2 rings (SSSR count). The topological polar surface area (TPSA) is 92.6 Å². The van der Waals surface area contributed by atoms with Crippen molar-refractivity contribution in [2.45, 2.75) is 13.3 Å². The van der Waals surface area contributed by atoms with Crippen molar-refractivity contribution in [3.63, 3.8) is 0 Å². The van der Waals surface area contributed by atoms with E-state index < -0.39 is 6.09 Å². The Labute approximate surface area is 164 Å². The van der Waals surface area contributed by atoms with Gasteiger partial charge in [-0.1, -0.05) is 18.2 Å². The van der Waals surface area contributed by atoms with Crippen molar-refractivity contribution in [1.29, 1.82) is 5.26 Å². The number of hydrogen-bond acceptors (Lipinski definition) is 6. The minimum absolute atomic E-state index is 0.249. The van der Waals surface area contributed by atoms with Gasteiger partial charge in [0.1, 0.15) is 17.2 Å². The van der Waals surface area contributed by atoms with Gasteiger partial charge in [0.2, 0.25) is 0 Å². The molecule has 0 bridgehead atoms. The third kappa shape index (κ3) is 5.68. The number of nitrogens with one attached hydrogen (secondary N) is 2. The zero-order valence-corrected chi connectivity index (χ0v) is 16.1. The van der Waals surface area contributed by atoms with Gasteiger partial charge in [0.15, 0.2) is 0 Å². The Morgan fingerprint density at radius 2 is 1.79 bits per heavy atom. The maximum Gasteiger partial charge on any atom is 0.411 e. The van der Waals surface area contributed by atoms with Crippen molar-refractivity contribution >= 4 is 17.5 Å². The fourth-order valence-corrected chi connectivity index (χ4v) is 2.51. The Balaban J connectivity index is 2.24. The number of carbonyl (C=O) groups excluding carboxylic acids is 1. The predicted octanol–water partition coefficient (Wildman–Crippen LogP) is 4.33. The molecule has 7 heteroatoms. The second-order valence-electron chi connectivity index (χ2n) is 5.69. The summed E-state index contributed by atoms with van der Waals surface area (Å²) in [5.41, 5.74) is 2.58. The van der Waals surface area contributed by atoms with Crippen LogP contribution in [0.4, 0.5) is 16.2 Å². The minimum atomic E-state index is -0.600. The fourth-order valence-electron chi connectivity index (χ4n) is 2.51. The van der Waals surface area contributed by atoms with E-state index >= 15 is 0 Å². The maximum atomic E-state index is 11.8. The number of methoxy groups -OCH3 is 2. The fraction of sp³-hybridized carbons (Fsp3) is 0.238. The van der Waals surface area contributed by atoms with E-state index in [1.807, 2.05) is 30.3 Å². The van der Waals surface area contributed by atoms with Crippen LogP contribution in [0.3, 0.4) is 0 Å². The van der Waals surface area contributed by atoms with Crippen LogP contribution in [0.5, 0.6) is 11.5 Å². The normalized spacial score (nSPS) is 10.6. The molecule has 0 heterocycles. The monoisotopic (exact) mass is 381 g/mol. The van der Waals surface area contributed by atoms with E-state index in [-0.39, 0.29) is 6.61 Å². The summed E-state index contributed by atoms with van der Waals surface area (Å²) < 4.78 is 15.7. The molecule has 0 saturated heterocycles. The standard InChI is InChI=1S/C21H23N3O4/c1-4-28-21(25)24-20-18(26-2)11-15(12-19(20)27-3)10-16(13-22)14-23-17-8-6-5-7-9-17/h5-9,11-12,14,23H,4,10H2,1-3H3,(H,24,25). The smallest absolute Gasteiger partial charge is 0.411 e. The lowest BCUT2D eigenvalue weighted by Gasteiger charge is -2.16. The van der Waals surface area contributed by atoms with Gasteiger partial charge in [-0.25, -0.2) is 4.79 Å². The average molecular weight is 381 g/mol. The summed E-state index contributed by atoms with van der Waals surface area (Å²) in [6, 6.07) is 15.2. The van der Waals surface area contributed by atoms with Crippen LogP contribution in [0.2, 0.25) is 0 Å². The quantitative estimate of drug-likeness (QED) is 0.661. The molecule has 0 unspecified atom stereocenters. The molecule has 0 saturated carbocycles. The molecular weight excluding hydrogens is 358 g/mol. The maximum absolute atomic E-state index is 11.8. The summed E-state index contributed by atoms with van der Waals surface area (Å²) in [4.78, 5) is 11.8. The van der Waals surface area contributed by atoms with E-state index in [9.17, 15) is 10.1 Å². The minimum Gasteiger partial charge on any atom is -0.494 e. The van der Waals surface area contributed by atoms with Crippen molar-refractivity contribution in [2.24, 2.45) is 0 Å². The highest BCUT2D eigenvalue weighted by Gasteiger charge is 2.16. The number of rotatable bonds is 8. The lowest BCUT2D eigenvalue weighted by molar-refractivity contribution is 0.167. The van der Waals surface area contributed by atoms with Crippen LogP contribution in [-0.2, 0) is 11.2 Å². The summed E-state index contributed by atoms with van der Waals surface area (Å²) >= 11 is 0. The molecule has 0 spiro atoms. The van der Waals surface area contributed by atoms with Gasteiger partial charge in [0.05, 0.1) is 26.9 Å². The molecule has 0 radical (unpaired) electrons. The van der Waals surface area contributed by atoms with Gasteiger partial charge < -0.3 is 19.5 Å². The number of hydrogen-bond donors (Lipinski definition) is 2. The number of nitrogens with zero attached hydrogens (tertiary/aromatic N) is 1. The summed E-state index contributed by atoms with van der Waals surface area (Å²) in [5, 5.41) is 15.2. The van der Waals surface area contributed by atoms with Crippen LogP contribution in [0.1, 0.15) is 12.5 Å². The Hall–Kier alpha value is -3.66. The van der Waals surface area contributed by atoms with Gasteiger partial charge in [-0.05, 0) is 36.8 Å². The van der Waals surface area contributed by atoms with Crippen LogP contribution < -0.4 is 20.1 Å². The van der Waals surface area contributed by atoms with Gasteiger partial charge in [-0.2, -0.15) is 5.26 Å². The molecule has 2 N–H and O–H groups in total. The molecule has 2 aromatic carbocycles. The first-order chi connectivity index (χ1) is 13.6. The molecule has 28 heavy (non-hydrogen) atoms. The second-order valence-corrected chi connectivity index (χ2v) is 5.69. The van der Waals surface area contributed by atoms with E-state index in [1.54, 1.807) is 25.3 Å². The molecular formula is C21H23N3O4. The number of para-hydroxylation sites is 1. The summed E-state index contributed by atoms with van der Waals surface area (Å²) in [6.07, 6.45) is 1.43. The second kappa shape index (κ2) is 10.5. The van der Waals surface area contributed by atoms with Gasteiger partial charge in [-0.15, -0.1) is 0 Å². The predicted molar refractivity (Wildman–Crippen MR) is 108 cm³/mol. The molecule has 1 amide bonds. The molecule has 0 aliphatic carbocycles. The van der Waals surface area contributed by atoms with E-state index in [0.717, 1.165) is 11.3 Å². The van der Waals surface area contributed by atoms with Crippen molar-refractivity contribution in [1.82, 2.24) is 0 Å². The third-order valence-corrected chi connectivity index (χ3v) is 3.79. The van der Waals surface area contributed by atoms with Crippen LogP contribution in [-0.4, -0.2) is 26.9 Å². The molecule has 7 nitrogen and oxygen atoms in total. The zero-order chi connectivity index (χ0) is 20.4. The molecule has 2 aromatic rings. The van der Waals surface area contributed by atoms with E-state index in [2.05, 4.69) is 16.7 Å².